The number of hydrogen-bond acceptors (Lipinski definition) is 4. The maximum Gasteiger partial charge on any atom is 0.227 e. The van der Waals surface area contributed by atoms with Gasteiger partial charge in [0, 0.05) is 30.9 Å². The predicted octanol–water partition coefficient (Wildman–Crippen LogP) is 2.40. The molecule has 0 aromatic heterocycles. The van der Waals surface area contributed by atoms with Crippen LogP contribution in [0.15, 0.2) is 36.4 Å². The molecular formula is C21H21F3N2O4S. The molecule has 2 atom stereocenters. The fourth-order valence-corrected chi connectivity index (χ4v) is 4.60. The highest BCUT2D eigenvalue weighted by molar-refractivity contribution is 7.89. The Hall–Kier alpha value is -2.72. The van der Waals surface area contributed by atoms with Crippen LogP contribution in [0.3, 0.4) is 0 Å². The summed E-state index contributed by atoms with van der Waals surface area (Å²) < 4.78 is 65.3. The highest BCUT2D eigenvalue weighted by Gasteiger charge is 2.45. The minimum Gasteiger partial charge on any atom is -0.326 e. The molecule has 3 rings (SSSR count). The number of benzene rings is 2. The molecule has 2 aromatic carbocycles. The third-order valence-electron chi connectivity index (χ3n) is 5.22. The van der Waals surface area contributed by atoms with Gasteiger partial charge in [-0.05, 0) is 42.3 Å². The average molecular weight is 454 g/mol. The van der Waals surface area contributed by atoms with E-state index in [1.165, 1.54) is 31.2 Å². The van der Waals surface area contributed by atoms with Crippen LogP contribution in [0.4, 0.5) is 13.2 Å². The molecule has 1 amide bonds. The van der Waals surface area contributed by atoms with Gasteiger partial charge in [0.25, 0.3) is 0 Å². The minimum atomic E-state index is -4.08. The van der Waals surface area contributed by atoms with Crippen LogP contribution in [-0.4, -0.2) is 37.4 Å². The highest BCUT2D eigenvalue weighted by Crippen LogP contribution is 2.39. The number of halogens is 3. The fourth-order valence-electron chi connectivity index (χ4n) is 3.93. The molecule has 31 heavy (non-hydrogen) atoms. The lowest BCUT2D eigenvalue weighted by Crippen LogP contribution is -2.36. The molecule has 10 heteroatoms. The van der Waals surface area contributed by atoms with Crippen molar-refractivity contribution in [2.24, 2.45) is 11.1 Å². The van der Waals surface area contributed by atoms with Gasteiger partial charge in [-0.2, -0.15) is 0 Å². The van der Waals surface area contributed by atoms with Gasteiger partial charge in [-0.3, -0.25) is 9.59 Å². The number of nitrogens with two attached hydrogens (primary N) is 1. The van der Waals surface area contributed by atoms with Gasteiger partial charge < -0.3 is 4.90 Å². The topological polar surface area (TPSA) is 97.5 Å². The zero-order chi connectivity index (χ0) is 22.9. The van der Waals surface area contributed by atoms with E-state index in [2.05, 4.69) is 0 Å². The molecule has 1 heterocycles. The number of likely N-dealkylation sites (tertiary alicyclic amines) is 1. The molecule has 0 bridgehead atoms. The number of aryl methyl sites for hydroxylation is 1. The molecule has 0 radical (unpaired) electrons. The second-order valence-electron chi connectivity index (χ2n) is 7.75. The summed E-state index contributed by atoms with van der Waals surface area (Å²) in [6.45, 7) is 1.22. The van der Waals surface area contributed by atoms with E-state index in [1.807, 2.05) is 0 Å². The molecular weight excluding hydrogens is 433 g/mol. The second kappa shape index (κ2) is 8.80. The van der Waals surface area contributed by atoms with Crippen LogP contribution < -0.4 is 5.14 Å². The number of hydrogen-bond donors (Lipinski definition) is 1. The Bertz CT molecular complexity index is 1100. The quantitative estimate of drug-likeness (QED) is 0.695. The van der Waals surface area contributed by atoms with Gasteiger partial charge in [-0.15, -0.1) is 0 Å². The van der Waals surface area contributed by atoms with E-state index < -0.39 is 56.9 Å². The molecule has 1 aliphatic rings. The van der Waals surface area contributed by atoms with Crippen LogP contribution in [0.25, 0.3) is 0 Å². The molecule has 1 fully saturated rings. The van der Waals surface area contributed by atoms with Crippen molar-refractivity contribution < 1.29 is 31.2 Å². The lowest BCUT2D eigenvalue weighted by Gasteiger charge is -2.18. The van der Waals surface area contributed by atoms with Gasteiger partial charge in [0.15, 0.2) is 0 Å². The first-order valence-corrected chi connectivity index (χ1v) is 11.2. The minimum absolute atomic E-state index is 0.106. The summed E-state index contributed by atoms with van der Waals surface area (Å²) in [5, 5.41) is 5.03. The fraction of sp³-hybridized carbons (Fsp3) is 0.333. The van der Waals surface area contributed by atoms with E-state index in [0.29, 0.717) is 11.1 Å². The lowest BCUT2D eigenvalue weighted by molar-refractivity contribution is -0.133. The Morgan fingerprint density at radius 3 is 2.26 bits per heavy atom. The molecule has 0 spiro atoms. The largest absolute Gasteiger partial charge is 0.326 e. The molecule has 0 saturated carbocycles. The highest BCUT2D eigenvalue weighted by atomic mass is 32.2. The Balaban J connectivity index is 1.90. The number of ketones is 1. The SMILES string of the molecule is Cc1cc(F)c([C@@H]2CN(CS(N)(=O)=O)C(=O)[C@H]2CC(=O)Cc2ccc(F)cc2)c(F)c1. The first-order chi connectivity index (χ1) is 14.4. The van der Waals surface area contributed by atoms with E-state index in [0.717, 1.165) is 17.0 Å². The smallest absolute Gasteiger partial charge is 0.227 e. The Morgan fingerprint density at radius 1 is 1.13 bits per heavy atom. The number of rotatable bonds is 7. The van der Waals surface area contributed by atoms with Gasteiger partial charge in [0.1, 0.15) is 29.1 Å². The molecule has 6 nitrogen and oxygen atoms in total. The van der Waals surface area contributed by atoms with E-state index in [9.17, 15) is 31.2 Å². The van der Waals surface area contributed by atoms with E-state index in [4.69, 9.17) is 5.14 Å². The third-order valence-corrected chi connectivity index (χ3v) is 5.90. The maximum absolute atomic E-state index is 14.6. The van der Waals surface area contributed by atoms with Crippen LogP contribution in [0, 0.1) is 30.3 Å². The molecule has 2 aromatic rings. The summed E-state index contributed by atoms with van der Waals surface area (Å²) in [4.78, 5) is 26.3. The van der Waals surface area contributed by atoms with Crippen LogP contribution in [-0.2, 0) is 26.0 Å². The summed E-state index contributed by atoms with van der Waals surface area (Å²) in [7, 11) is -4.08. The van der Waals surface area contributed by atoms with Gasteiger partial charge in [0.2, 0.25) is 15.9 Å². The summed E-state index contributed by atoms with van der Waals surface area (Å²) in [5.74, 6) is -6.36. The first kappa shape index (κ1) is 23.0. The van der Waals surface area contributed by atoms with Crippen molar-refractivity contribution in [2.75, 3.05) is 12.4 Å². The number of carbonyl (C=O) groups excluding carboxylic acids is 2. The molecule has 0 unspecified atom stereocenters. The maximum atomic E-state index is 14.6. The van der Waals surface area contributed by atoms with Crippen molar-refractivity contribution in [1.82, 2.24) is 4.90 Å². The number of primary sulfonamides is 1. The standard InChI is InChI=1S/C21H21F3N2O4S/c1-12-6-18(23)20(19(24)7-12)17-10-26(11-31(25,29)30)21(28)16(17)9-15(27)8-13-2-4-14(22)5-3-13/h2-7,16-17H,8-11H2,1H3,(H2,25,29,30)/t16-,17+/m0/s1. The van der Waals surface area contributed by atoms with Crippen LogP contribution in [0.5, 0.6) is 0 Å². The normalized spacial score (nSPS) is 19.1. The average Bonchev–Trinajstić information content (AvgIpc) is 2.90. The first-order valence-electron chi connectivity index (χ1n) is 9.45. The predicted molar refractivity (Wildman–Crippen MR) is 107 cm³/mol. The molecule has 2 N–H and O–H groups in total. The number of nitrogens with zero attached hydrogens (tertiary/aromatic N) is 1. The van der Waals surface area contributed by atoms with Crippen LogP contribution >= 0.6 is 0 Å². The molecule has 166 valence electrons. The van der Waals surface area contributed by atoms with Crippen molar-refractivity contribution in [3.8, 4) is 0 Å². The van der Waals surface area contributed by atoms with Gasteiger partial charge in [-0.1, -0.05) is 12.1 Å². The van der Waals surface area contributed by atoms with Crippen molar-refractivity contribution in [1.29, 1.82) is 0 Å². The van der Waals surface area contributed by atoms with Gasteiger partial charge >= 0.3 is 0 Å². The van der Waals surface area contributed by atoms with Crippen molar-refractivity contribution in [2.45, 2.75) is 25.7 Å². The zero-order valence-corrected chi connectivity index (χ0v) is 17.5. The Morgan fingerprint density at radius 2 is 1.71 bits per heavy atom. The van der Waals surface area contributed by atoms with Crippen molar-refractivity contribution in [3.63, 3.8) is 0 Å². The molecule has 1 aliphatic heterocycles. The summed E-state index contributed by atoms with van der Waals surface area (Å²) in [5.41, 5.74) is 0.492. The zero-order valence-electron chi connectivity index (χ0n) is 16.6. The molecule has 0 aliphatic carbocycles. The summed E-state index contributed by atoms with van der Waals surface area (Å²) >= 11 is 0. The van der Waals surface area contributed by atoms with Crippen LogP contribution in [0.2, 0.25) is 0 Å². The summed E-state index contributed by atoms with van der Waals surface area (Å²) in [6, 6.07) is 7.46. The van der Waals surface area contributed by atoms with E-state index in [1.54, 1.807) is 0 Å². The van der Waals surface area contributed by atoms with Crippen molar-refractivity contribution >= 4 is 21.7 Å². The number of amides is 1. The second-order valence-corrected chi connectivity index (χ2v) is 9.34. The Kier molecular flexibility index (Phi) is 6.51. The Labute approximate surface area is 177 Å². The van der Waals surface area contributed by atoms with Gasteiger partial charge in [-0.25, -0.2) is 26.7 Å². The number of carbonyl (C=O) groups is 2. The molecule has 1 saturated heterocycles. The van der Waals surface area contributed by atoms with E-state index in [-0.39, 0.29) is 24.9 Å². The van der Waals surface area contributed by atoms with Gasteiger partial charge in [0.05, 0.1) is 5.92 Å². The van der Waals surface area contributed by atoms with Crippen LogP contribution in [0.1, 0.15) is 29.0 Å². The lowest BCUT2D eigenvalue weighted by atomic mass is 9.83. The monoisotopic (exact) mass is 454 g/mol. The number of sulfonamides is 1. The van der Waals surface area contributed by atoms with Crippen molar-refractivity contribution in [3.05, 3.63) is 70.5 Å². The third kappa shape index (κ3) is 5.50. The summed E-state index contributed by atoms with van der Waals surface area (Å²) in [6.07, 6.45) is -0.459. The van der Waals surface area contributed by atoms with E-state index >= 15 is 0 Å². The number of Topliss-reactive ketones (excluding diaryl/α,β-unsaturated/α-hetero) is 1.